The molecule has 0 aliphatic carbocycles. The van der Waals surface area contributed by atoms with Crippen LogP contribution in [-0.2, 0) is 16.8 Å². The second kappa shape index (κ2) is 9.38. The van der Waals surface area contributed by atoms with E-state index in [4.69, 9.17) is 0 Å². The number of piperidine rings is 1. The van der Waals surface area contributed by atoms with Crippen LogP contribution in [-0.4, -0.2) is 44.4 Å². The molecule has 0 spiro atoms. The van der Waals surface area contributed by atoms with Crippen LogP contribution in [0.15, 0.2) is 42.1 Å². The first kappa shape index (κ1) is 22.6. The zero-order valence-electron chi connectivity index (χ0n) is 18.9. The quantitative estimate of drug-likeness (QED) is 0.480. The number of allylic oxidation sites excluding steroid dienone is 1. The Balaban J connectivity index is 1.74. The van der Waals surface area contributed by atoms with Crippen molar-refractivity contribution in [1.82, 2.24) is 19.7 Å². The van der Waals surface area contributed by atoms with E-state index in [1.165, 1.54) is 23.7 Å². The number of nitrogens with zero attached hydrogens (tertiary/aromatic N) is 4. The van der Waals surface area contributed by atoms with Crippen LogP contribution in [0.3, 0.4) is 0 Å². The van der Waals surface area contributed by atoms with Crippen LogP contribution in [0.1, 0.15) is 46.6 Å². The number of thioether (sulfide) groups is 1. The van der Waals surface area contributed by atoms with Crippen molar-refractivity contribution < 1.29 is 4.79 Å². The van der Waals surface area contributed by atoms with Gasteiger partial charge < -0.3 is 4.90 Å². The number of aromatic nitrogens is 3. The summed E-state index contributed by atoms with van der Waals surface area (Å²) in [6, 6.07) is 8.50. The molecule has 0 bridgehead atoms. The van der Waals surface area contributed by atoms with Crippen LogP contribution in [0, 0.1) is 11.8 Å². The second-order valence-electron chi connectivity index (χ2n) is 9.57. The van der Waals surface area contributed by atoms with E-state index in [1.54, 1.807) is 0 Å². The van der Waals surface area contributed by atoms with Gasteiger partial charge in [-0.2, -0.15) is 0 Å². The molecule has 5 nitrogen and oxygen atoms in total. The lowest BCUT2D eigenvalue weighted by Gasteiger charge is -2.34. The summed E-state index contributed by atoms with van der Waals surface area (Å²) in [4.78, 5) is 14.8. The first-order chi connectivity index (χ1) is 14.2. The summed E-state index contributed by atoms with van der Waals surface area (Å²) in [6.45, 7) is 17.3. The number of hydrogen-bond acceptors (Lipinski definition) is 4. The average molecular weight is 427 g/mol. The van der Waals surface area contributed by atoms with Crippen molar-refractivity contribution in [3.8, 4) is 11.4 Å². The molecular weight excluding hydrogens is 392 g/mol. The molecule has 1 amide bonds. The maximum atomic E-state index is 12.8. The van der Waals surface area contributed by atoms with E-state index in [9.17, 15) is 4.79 Å². The first-order valence-corrected chi connectivity index (χ1v) is 11.7. The molecule has 1 aromatic carbocycles. The molecule has 0 saturated carbocycles. The highest BCUT2D eigenvalue weighted by molar-refractivity contribution is 7.99. The molecule has 2 heterocycles. The van der Waals surface area contributed by atoms with Gasteiger partial charge in [0.1, 0.15) is 0 Å². The summed E-state index contributed by atoms with van der Waals surface area (Å²) in [5.41, 5.74) is 2.42. The molecule has 2 aromatic rings. The van der Waals surface area contributed by atoms with Gasteiger partial charge in [0.15, 0.2) is 11.0 Å². The lowest BCUT2D eigenvalue weighted by atomic mass is 9.87. The third kappa shape index (κ3) is 5.34. The van der Waals surface area contributed by atoms with Gasteiger partial charge >= 0.3 is 0 Å². The highest BCUT2D eigenvalue weighted by Crippen LogP contribution is 2.28. The number of amides is 1. The van der Waals surface area contributed by atoms with E-state index >= 15 is 0 Å². The van der Waals surface area contributed by atoms with Crippen LogP contribution in [0.4, 0.5) is 0 Å². The lowest BCUT2D eigenvalue weighted by molar-refractivity contribution is -0.130. The minimum atomic E-state index is 0.109. The third-order valence-corrected chi connectivity index (χ3v) is 6.54. The Kier molecular flexibility index (Phi) is 7.06. The number of hydrogen-bond donors (Lipinski definition) is 0. The smallest absolute Gasteiger partial charge is 0.233 e. The lowest BCUT2D eigenvalue weighted by Crippen LogP contribution is -2.43. The summed E-state index contributed by atoms with van der Waals surface area (Å²) < 4.78 is 2.04. The normalized spacial score (nSPS) is 19.7. The molecular formula is C24H34N4OS. The van der Waals surface area contributed by atoms with Gasteiger partial charge in [-0.15, -0.1) is 16.8 Å². The predicted molar refractivity (Wildman–Crippen MR) is 125 cm³/mol. The highest BCUT2D eigenvalue weighted by atomic mass is 32.2. The molecule has 1 fully saturated rings. The van der Waals surface area contributed by atoms with Gasteiger partial charge in [0.05, 0.1) is 5.75 Å². The Morgan fingerprint density at radius 1 is 1.17 bits per heavy atom. The van der Waals surface area contributed by atoms with Crippen LogP contribution in [0.25, 0.3) is 11.4 Å². The third-order valence-electron chi connectivity index (χ3n) is 5.58. The van der Waals surface area contributed by atoms with Gasteiger partial charge in [-0.1, -0.05) is 76.7 Å². The number of carbonyl (C=O) groups excluding carboxylic acids is 1. The Hall–Kier alpha value is -2.08. The summed E-state index contributed by atoms with van der Waals surface area (Å²) in [5.74, 6) is 2.51. The van der Waals surface area contributed by atoms with E-state index in [1.807, 2.05) is 15.5 Å². The Bertz CT molecular complexity index is 872. The van der Waals surface area contributed by atoms with Crippen molar-refractivity contribution in [2.24, 2.45) is 11.8 Å². The molecule has 30 heavy (non-hydrogen) atoms. The molecule has 0 N–H and O–H groups in total. The predicted octanol–water partition coefficient (Wildman–Crippen LogP) is 5.03. The van der Waals surface area contributed by atoms with E-state index in [2.05, 4.69) is 75.7 Å². The Labute approximate surface area is 185 Å². The molecule has 0 radical (unpaired) electrons. The minimum absolute atomic E-state index is 0.109. The fourth-order valence-electron chi connectivity index (χ4n) is 4.11. The second-order valence-corrected chi connectivity index (χ2v) is 10.5. The fourth-order valence-corrected chi connectivity index (χ4v) is 4.96. The topological polar surface area (TPSA) is 51.0 Å². The van der Waals surface area contributed by atoms with Gasteiger partial charge in [0.2, 0.25) is 5.91 Å². The van der Waals surface area contributed by atoms with Crippen molar-refractivity contribution in [2.75, 3.05) is 18.8 Å². The summed E-state index contributed by atoms with van der Waals surface area (Å²) in [6.07, 6.45) is 3.04. The molecule has 0 unspecified atom stereocenters. The maximum absolute atomic E-state index is 12.8. The largest absolute Gasteiger partial charge is 0.341 e. The van der Waals surface area contributed by atoms with Gasteiger partial charge in [-0.05, 0) is 29.2 Å². The number of likely N-dealkylation sites (tertiary alicyclic amines) is 1. The van der Waals surface area contributed by atoms with Crippen LogP contribution < -0.4 is 0 Å². The summed E-state index contributed by atoms with van der Waals surface area (Å²) >= 11 is 1.46. The molecule has 3 rings (SSSR count). The summed E-state index contributed by atoms with van der Waals surface area (Å²) in [5, 5.41) is 9.58. The Morgan fingerprint density at radius 3 is 2.37 bits per heavy atom. The van der Waals surface area contributed by atoms with Crippen LogP contribution in [0.2, 0.25) is 0 Å². The van der Waals surface area contributed by atoms with Crippen LogP contribution >= 0.6 is 11.8 Å². The highest BCUT2D eigenvalue weighted by Gasteiger charge is 2.26. The van der Waals surface area contributed by atoms with Crippen molar-refractivity contribution in [1.29, 1.82) is 0 Å². The average Bonchev–Trinajstić information content (AvgIpc) is 3.07. The van der Waals surface area contributed by atoms with Crippen molar-refractivity contribution >= 4 is 17.7 Å². The number of rotatable bonds is 6. The minimum Gasteiger partial charge on any atom is -0.341 e. The van der Waals surface area contributed by atoms with Gasteiger partial charge in [-0.3, -0.25) is 9.36 Å². The van der Waals surface area contributed by atoms with E-state index in [0.717, 1.165) is 29.6 Å². The maximum Gasteiger partial charge on any atom is 0.233 e. The zero-order chi connectivity index (χ0) is 21.9. The van der Waals surface area contributed by atoms with Crippen molar-refractivity contribution in [3.63, 3.8) is 0 Å². The molecule has 1 aliphatic rings. The SMILES string of the molecule is C=CCn1c(SCC(=O)N2C[C@@H](C)C[C@H](C)C2)nnc1-c1ccc(C(C)(C)C)cc1. The van der Waals surface area contributed by atoms with Gasteiger partial charge in [-0.25, -0.2) is 0 Å². The molecule has 1 saturated heterocycles. The fraction of sp³-hybridized carbons (Fsp3) is 0.542. The first-order valence-electron chi connectivity index (χ1n) is 10.7. The van der Waals surface area contributed by atoms with Gasteiger partial charge in [0.25, 0.3) is 0 Å². The Morgan fingerprint density at radius 2 is 1.80 bits per heavy atom. The number of benzene rings is 1. The molecule has 162 valence electrons. The molecule has 1 aromatic heterocycles. The number of carbonyl (C=O) groups is 1. The standard InChI is InChI=1S/C24H34N4OS/c1-7-12-28-22(19-8-10-20(11-9-19)24(4,5)6)25-26-23(28)30-16-21(29)27-14-17(2)13-18(3)15-27/h7-11,17-18H,1,12-16H2,2-6H3/t17-,18-/m0/s1. The van der Waals surface area contributed by atoms with E-state index in [0.29, 0.717) is 24.1 Å². The molecule has 2 atom stereocenters. The molecule has 1 aliphatic heterocycles. The molecule has 6 heteroatoms. The van der Waals surface area contributed by atoms with E-state index in [-0.39, 0.29) is 11.3 Å². The summed E-state index contributed by atoms with van der Waals surface area (Å²) in [7, 11) is 0. The van der Waals surface area contributed by atoms with E-state index < -0.39 is 0 Å². The monoisotopic (exact) mass is 426 g/mol. The van der Waals surface area contributed by atoms with Crippen LogP contribution in [0.5, 0.6) is 0 Å². The zero-order valence-corrected chi connectivity index (χ0v) is 19.7. The van der Waals surface area contributed by atoms with Crippen molar-refractivity contribution in [3.05, 3.63) is 42.5 Å². The van der Waals surface area contributed by atoms with Gasteiger partial charge in [0, 0.05) is 25.2 Å². The van der Waals surface area contributed by atoms with Crippen molar-refractivity contribution in [2.45, 2.75) is 58.2 Å².